The molecular formula is C14H21N3. The van der Waals surface area contributed by atoms with Crippen molar-refractivity contribution in [2.75, 3.05) is 19.6 Å². The molecule has 17 heavy (non-hydrogen) atoms. The Morgan fingerprint density at radius 2 is 2.29 bits per heavy atom. The molecule has 1 aromatic heterocycles. The number of pyridine rings is 1. The summed E-state index contributed by atoms with van der Waals surface area (Å²) in [4.78, 5) is 6.99. The van der Waals surface area contributed by atoms with Crippen LogP contribution in [0.25, 0.3) is 0 Å². The van der Waals surface area contributed by atoms with E-state index in [4.69, 9.17) is 0 Å². The molecule has 0 amide bonds. The predicted octanol–water partition coefficient (Wildman–Crippen LogP) is 1.66. The Balaban J connectivity index is 1.61. The minimum atomic E-state index is 0.723. The molecule has 3 heteroatoms. The van der Waals surface area contributed by atoms with Gasteiger partial charge in [-0.05, 0) is 50.4 Å². The fourth-order valence-corrected chi connectivity index (χ4v) is 2.70. The highest BCUT2D eigenvalue weighted by Crippen LogP contribution is 2.33. The number of aromatic nitrogens is 1. The van der Waals surface area contributed by atoms with E-state index >= 15 is 0 Å². The van der Waals surface area contributed by atoms with E-state index in [2.05, 4.69) is 27.3 Å². The van der Waals surface area contributed by atoms with Crippen LogP contribution in [0.4, 0.5) is 0 Å². The molecule has 1 aliphatic carbocycles. The first-order valence-corrected chi connectivity index (χ1v) is 6.77. The van der Waals surface area contributed by atoms with Crippen LogP contribution in [-0.2, 0) is 6.54 Å². The zero-order valence-corrected chi connectivity index (χ0v) is 10.3. The van der Waals surface area contributed by atoms with Crippen molar-refractivity contribution in [2.24, 2.45) is 5.92 Å². The van der Waals surface area contributed by atoms with Gasteiger partial charge in [0, 0.05) is 25.3 Å². The van der Waals surface area contributed by atoms with E-state index in [-0.39, 0.29) is 0 Å². The molecule has 1 atom stereocenters. The summed E-state index contributed by atoms with van der Waals surface area (Å²) in [6, 6.07) is 6.92. The minimum Gasteiger partial charge on any atom is -0.312 e. The molecule has 1 aliphatic heterocycles. The molecule has 1 N–H and O–H groups in total. The maximum Gasteiger partial charge on any atom is 0.0543 e. The van der Waals surface area contributed by atoms with Gasteiger partial charge in [-0.25, -0.2) is 0 Å². The highest BCUT2D eigenvalue weighted by molar-refractivity contribution is 5.03. The molecule has 1 saturated carbocycles. The van der Waals surface area contributed by atoms with Gasteiger partial charge in [0.15, 0.2) is 0 Å². The van der Waals surface area contributed by atoms with Crippen molar-refractivity contribution >= 4 is 0 Å². The summed E-state index contributed by atoms with van der Waals surface area (Å²) in [7, 11) is 0. The van der Waals surface area contributed by atoms with Gasteiger partial charge in [-0.15, -0.1) is 0 Å². The van der Waals surface area contributed by atoms with E-state index in [1.807, 2.05) is 12.3 Å². The lowest BCUT2D eigenvalue weighted by atomic mass is 10.2. The Hall–Kier alpha value is -0.930. The Morgan fingerprint density at radius 1 is 1.35 bits per heavy atom. The predicted molar refractivity (Wildman–Crippen MR) is 68.6 cm³/mol. The Bertz CT molecular complexity index is 348. The Morgan fingerprint density at radius 3 is 3.06 bits per heavy atom. The van der Waals surface area contributed by atoms with Gasteiger partial charge in [0.25, 0.3) is 0 Å². The maximum atomic E-state index is 4.43. The van der Waals surface area contributed by atoms with Crippen LogP contribution in [0.2, 0.25) is 0 Å². The van der Waals surface area contributed by atoms with Crippen molar-refractivity contribution in [2.45, 2.75) is 31.8 Å². The average Bonchev–Trinajstić information content (AvgIpc) is 3.16. The zero-order chi connectivity index (χ0) is 11.5. The summed E-state index contributed by atoms with van der Waals surface area (Å²) >= 11 is 0. The highest BCUT2D eigenvalue weighted by atomic mass is 15.2. The van der Waals surface area contributed by atoms with Gasteiger partial charge < -0.3 is 5.32 Å². The second-order valence-corrected chi connectivity index (χ2v) is 5.31. The van der Waals surface area contributed by atoms with Gasteiger partial charge >= 0.3 is 0 Å². The standard InChI is InChI=1S/C14H21N3/c1-2-7-15-13(4-1)10-17-9-3-8-16-14(11-17)12-5-6-12/h1-2,4,7,12,14,16H,3,5-6,8-11H2. The summed E-state index contributed by atoms with van der Waals surface area (Å²) < 4.78 is 0. The number of hydrogen-bond acceptors (Lipinski definition) is 3. The zero-order valence-electron chi connectivity index (χ0n) is 10.3. The van der Waals surface area contributed by atoms with Gasteiger partial charge in [0.05, 0.1) is 5.69 Å². The fourth-order valence-electron chi connectivity index (χ4n) is 2.70. The molecule has 1 aromatic rings. The molecule has 2 fully saturated rings. The van der Waals surface area contributed by atoms with Crippen LogP contribution >= 0.6 is 0 Å². The maximum absolute atomic E-state index is 4.43. The monoisotopic (exact) mass is 231 g/mol. The number of nitrogens with zero attached hydrogens (tertiary/aromatic N) is 2. The average molecular weight is 231 g/mol. The lowest BCUT2D eigenvalue weighted by molar-refractivity contribution is 0.248. The number of hydrogen-bond donors (Lipinski definition) is 1. The van der Waals surface area contributed by atoms with E-state index in [1.165, 1.54) is 44.6 Å². The van der Waals surface area contributed by atoms with Gasteiger partial charge in [-0.3, -0.25) is 9.88 Å². The first kappa shape index (κ1) is 11.2. The molecule has 0 bridgehead atoms. The van der Waals surface area contributed by atoms with Crippen molar-refractivity contribution in [1.29, 1.82) is 0 Å². The van der Waals surface area contributed by atoms with Gasteiger partial charge in [0.1, 0.15) is 0 Å². The van der Waals surface area contributed by atoms with Crippen LogP contribution < -0.4 is 5.32 Å². The van der Waals surface area contributed by atoms with Crippen molar-refractivity contribution in [1.82, 2.24) is 15.2 Å². The second-order valence-electron chi connectivity index (χ2n) is 5.31. The lowest BCUT2D eigenvalue weighted by Gasteiger charge is -2.23. The van der Waals surface area contributed by atoms with Gasteiger partial charge in [-0.1, -0.05) is 6.07 Å². The summed E-state index contributed by atoms with van der Waals surface area (Å²) in [5.74, 6) is 0.944. The third-order valence-corrected chi connectivity index (χ3v) is 3.82. The second kappa shape index (κ2) is 5.15. The van der Waals surface area contributed by atoms with E-state index in [9.17, 15) is 0 Å². The van der Waals surface area contributed by atoms with E-state index in [1.54, 1.807) is 0 Å². The topological polar surface area (TPSA) is 28.2 Å². The van der Waals surface area contributed by atoms with Crippen molar-refractivity contribution in [3.05, 3.63) is 30.1 Å². The molecule has 92 valence electrons. The normalized spacial score (nSPS) is 26.7. The quantitative estimate of drug-likeness (QED) is 0.857. The lowest BCUT2D eigenvalue weighted by Crippen LogP contribution is -2.39. The van der Waals surface area contributed by atoms with Crippen molar-refractivity contribution in [3.63, 3.8) is 0 Å². The van der Waals surface area contributed by atoms with Crippen molar-refractivity contribution in [3.8, 4) is 0 Å². The van der Waals surface area contributed by atoms with Crippen molar-refractivity contribution < 1.29 is 0 Å². The van der Waals surface area contributed by atoms with Crippen LogP contribution in [0.3, 0.4) is 0 Å². The Kier molecular flexibility index (Phi) is 3.39. The molecule has 3 nitrogen and oxygen atoms in total. The number of rotatable bonds is 3. The van der Waals surface area contributed by atoms with Gasteiger partial charge in [-0.2, -0.15) is 0 Å². The molecule has 2 aliphatic rings. The van der Waals surface area contributed by atoms with Gasteiger partial charge in [0.2, 0.25) is 0 Å². The van der Waals surface area contributed by atoms with Crippen LogP contribution in [0.5, 0.6) is 0 Å². The fraction of sp³-hybridized carbons (Fsp3) is 0.643. The number of nitrogens with one attached hydrogen (secondary N) is 1. The summed E-state index contributed by atoms with van der Waals surface area (Å²) in [5, 5.41) is 3.70. The third kappa shape index (κ3) is 3.05. The molecule has 3 rings (SSSR count). The SMILES string of the molecule is c1ccc(CN2CCCNC(C3CC3)C2)nc1. The summed E-state index contributed by atoms with van der Waals surface area (Å²) in [6.45, 7) is 4.58. The molecule has 1 unspecified atom stereocenters. The molecular weight excluding hydrogens is 210 g/mol. The molecule has 0 radical (unpaired) electrons. The summed E-state index contributed by atoms with van der Waals surface area (Å²) in [5.41, 5.74) is 1.20. The Labute approximate surface area is 103 Å². The molecule has 0 spiro atoms. The smallest absolute Gasteiger partial charge is 0.0543 e. The minimum absolute atomic E-state index is 0.723. The highest BCUT2D eigenvalue weighted by Gasteiger charge is 2.32. The van der Waals surface area contributed by atoms with E-state index in [0.29, 0.717) is 0 Å². The van der Waals surface area contributed by atoms with Crippen LogP contribution in [0.15, 0.2) is 24.4 Å². The summed E-state index contributed by atoms with van der Waals surface area (Å²) in [6.07, 6.45) is 6.00. The largest absolute Gasteiger partial charge is 0.312 e. The molecule has 0 aromatic carbocycles. The molecule has 2 heterocycles. The van der Waals surface area contributed by atoms with Crippen LogP contribution in [0, 0.1) is 5.92 Å². The van der Waals surface area contributed by atoms with E-state index in [0.717, 1.165) is 18.5 Å². The third-order valence-electron chi connectivity index (χ3n) is 3.82. The van der Waals surface area contributed by atoms with Crippen LogP contribution in [-0.4, -0.2) is 35.6 Å². The van der Waals surface area contributed by atoms with Crippen LogP contribution in [0.1, 0.15) is 25.0 Å². The first-order chi connectivity index (χ1) is 8.42. The first-order valence-electron chi connectivity index (χ1n) is 6.77. The van der Waals surface area contributed by atoms with E-state index < -0.39 is 0 Å². The molecule has 1 saturated heterocycles.